The minimum absolute atomic E-state index is 0.152. The zero-order chi connectivity index (χ0) is 20.1. The average molecular weight is 376 g/mol. The second kappa shape index (κ2) is 12.4. The predicted octanol–water partition coefficient (Wildman–Crippen LogP) is 2.37. The molecule has 7 heteroatoms. The second-order valence-electron chi connectivity index (χ2n) is 5.84. The lowest BCUT2D eigenvalue weighted by molar-refractivity contribution is -0.150. The van der Waals surface area contributed by atoms with Crippen LogP contribution in [0.25, 0.3) is 6.08 Å². The number of rotatable bonds is 12. The zero-order valence-corrected chi connectivity index (χ0v) is 15.5. The first-order valence-corrected chi connectivity index (χ1v) is 8.59. The highest BCUT2D eigenvalue weighted by Crippen LogP contribution is 2.12. The minimum atomic E-state index is -0.649. The number of unbranched alkanes of at least 4 members (excludes halogenated alkanes) is 1. The fourth-order valence-electron chi connectivity index (χ4n) is 2.05. The quantitative estimate of drug-likeness (QED) is 0.182. The summed E-state index contributed by atoms with van der Waals surface area (Å²) in [5.74, 6) is -1.52. The summed E-state index contributed by atoms with van der Waals surface area (Å²) < 4.78 is 15.1. The van der Waals surface area contributed by atoms with Crippen molar-refractivity contribution < 1.29 is 33.4 Å². The molecule has 0 radical (unpaired) electrons. The second-order valence-corrected chi connectivity index (χ2v) is 5.84. The van der Waals surface area contributed by atoms with Gasteiger partial charge in [0, 0.05) is 12.5 Å². The Labute approximate surface area is 158 Å². The molecule has 0 saturated heterocycles. The molecule has 1 atom stereocenters. The molecular weight excluding hydrogens is 352 g/mol. The number of hydrogen-bond acceptors (Lipinski definition) is 7. The van der Waals surface area contributed by atoms with Gasteiger partial charge in [0.2, 0.25) is 0 Å². The van der Waals surface area contributed by atoms with E-state index in [1.807, 2.05) is 12.1 Å². The van der Waals surface area contributed by atoms with Gasteiger partial charge in [0.15, 0.2) is 12.1 Å². The third-order valence-electron chi connectivity index (χ3n) is 3.60. The Morgan fingerprint density at radius 2 is 1.67 bits per heavy atom. The van der Waals surface area contributed by atoms with Gasteiger partial charge < -0.3 is 14.2 Å². The molecule has 0 aromatic heterocycles. The van der Waals surface area contributed by atoms with Gasteiger partial charge in [-0.3, -0.25) is 14.4 Å². The average Bonchev–Trinajstić information content (AvgIpc) is 2.68. The number of aldehydes is 1. The molecule has 0 N–H and O–H groups in total. The van der Waals surface area contributed by atoms with Crippen molar-refractivity contribution in [3.63, 3.8) is 0 Å². The summed E-state index contributed by atoms with van der Waals surface area (Å²) in [5, 5.41) is 0. The van der Waals surface area contributed by atoms with E-state index in [9.17, 15) is 19.2 Å². The smallest absolute Gasteiger partial charge is 0.330 e. The standard InChI is InChI=1S/C20H24O7/c1-15(13-17(22)14-21)20(24)27-12-4-3-11-26-19(23)10-7-16-5-8-18(25-2)9-6-16/h5-10,14-15H,3-4,11-13H2,1-2H3. The molecule has 1 unspecified atom stereocenters. The maximum atomic E-state index is 11.6. The molecule has 146 valence electrons. The Morgan fingerprint density at radius 3 is 2.26 bits per heavy atom. The maximum absolute atomic E-state index is 11.6. The Kier molecular flexibility index (Phi) is 10.1. The number of hydrogen-bond donors (Lipinski definition) is 0. The van der Waals surface area contributed by atoms with E-state index in [0.717, 1.165) is 11.3 Å². The molecule has 27 heavy (non-hydrogen) atoms. The lowest BCUT2D eigenvalue weighted by atomic mass is 10.1. The third-order valence-corrected chi connectivity index (χ3v) is 3.60. The van der Waals surface area contributed by atoms with Crippen LogP contribution < -0.4 is 4.74 Å². The van der Waals surface area contributed by atoms with Crippen LogP contribution in [-0.4, -0.2) is 44.3 Å². The van der Waals surface area contributed by atoms with E-state index in [0.29, 0.717) is 12.8 Å². The van der Waals surface area contributed by atoms with Crippen molar-refractivity contribution in [1.29, 1.82) is 0 Å². The normalized spacial score (nSPS) is 11.6. The maximum Gasteiger partial charge on any atom is 0.330 e. The summed E-state index contributed by atoms with van der Waals surface area (Å²) in [6.45, 7) is 1.90. The molecule has 0 aliphatic rings. The Morgan fingerprint density at radius 1 is 1.04 bits per heavy atom. The van der Waals surface area contributed by atoms with Crippen LogP contribution in [0.1, 0.15) is 31.7 Å². The molecule has 7 nitrogen and oxygen atoms in total. The van der Waals surface area contributed by atoms with E-state index in [4.69, 9.17) is 14.2 Å². The Balaban J connectivity index is 2.15. The van der Waals surface area contributed by atoms with Gasteiger partial charge in [0.1, 0.15) is 5.75 Å². The number of ketones is 1. The van der Waals surface area contributed by atoms with Crippen molar-refractivity contribution >= 4 is 30.1 Å². The van der Waals surface area contributed by atoms with E-state index < -0.39 is 23.6 Å². The molecule has 0 fully saturated rings. The van der Waals surface area contributed by atoms with Crippen molar-refractivity contribution in [2.24, 2.45) is 5.92 Å². The number of carbonyl (C=O) groups excluding carboxylic acids is 4. The van der Waals surface area contributed by atoms with E-state index in [-0.39, 0.29) is 25.9 Å². The monoisotopic (exact) mass is 376 g/mol. The molecule has 0 bridgehead atoms. The highest BCUT2D eigenvalue weighted by atomic mass is 16.5. The summed E-state index contributed by atoms with van der Waals surface area (Å²) in [4.78, 5) is 44.4. The van der Waals surface area contributed by atoms with Crippen LogP contribution in [0.2, 0.25) is 0 Å². The fourth-order valence-corrected chi connectivity index (χ4v) is 2.05. The molecule has 1 rings (SSSR count). The van der Waals surface area contributed by atoms with E-state index in [1.165, 1.54) is 13.0 Å². The van der Waals surface area contributed by atoms with Gasteiger partial charge in [0.05, 0.1) is 26.2 Å². The molecule has 0 aliphatic carbocycles. The zero-order valence-electron chi connectivity index (χ0n) is 15.5. The van der Waals surface area contributed by atoms with Gasteiger partial charge in [0.25, 0.3) is 0 Å². The number of esters is 2. The molecule has 0 aliphatic heterocycles. The first kappa shape index (κ1) is 22.1. The van der Waals surface area contributed by atoms with Crippen molar-refractivity contribution in [2.45, 2.75) is 26.2 Å². The summed E-state index contributed by atoms with van der Waals surface area (Å²) in [5.41, 5.74) is 0.849. The predicted molar refractivity (Wildman–Crippen MR) is 98.0 cm³/mol. The van der Waals surface area contributed by atoms with Crippen LogP contribution in [0.5, 0.6) is 5.75 Å². The van der Waals surface area contributed by atoms with E-state index in [2.05, 4.69) is 0 Å². The fraction of sp³-hybridized carbons (Fsp3) is 0.400. The van der Waals surface area contributed by atoms with Crippen molar-refractivity contribution in [3.8, 4) is 5.75 Å². The van der Waals surface area contributed by atoms with E-state index in [1.54, 1.807) is 25.3 Å². The molecule has 0 heterocycles. The Bertz CT molecular complexity index is 661. The first-order valence-electron chi connectivity index (χ1n) is 8.59. The number of benzene rings is 1. The van der Waals surface area contributed by atoms with Crippen molar-refractivity contribution in [3.05, 3.63) is 35.9 Å². The lowest BCUT2D eigenvalue weighted by Gasteiger charge is -2.09. The van der Waals surface area contributed by atoms with Crippen LogP contribution in [-0.2, 0) is 28.7 Å². The highest BCUT2D eigenvalue weighted by molar-refractivity contribution is 6.25. The van der Waals surface area contributed by atoms with Gasteiger partial charge >= 0.3 is 11.9 Å². The summed E-state index contributed by atoms with van der Waals surface area (Å²) >= 11 is 0. The van der Waals surface area contributed by atoms with Crippen molar-refractivity contribution in [2.75, 3.05) is 20.3 Å². The first-order chi connectivity index (χ1) is 13.0. The van der Waals surface area contributed by atoms with Crippen LogP contribution in [0, 0.1) is 5.92 Å². The van der Waals surface area contributed by atoms with Crippen LogP contribution in [0.3, 0.4) is 0 Å². The van der Waals surface area contributed by atoms with E-state index >= 15 is 0 Å². The molecule has 0 spiro atoms. The third kappa shape index (κ3) is 9.34. The Hall–Kier alpha value is -2.96. The van der Waals surface area contributed by atoms with Crippen LogP contribution in [0.15, 0.2) is 30.3 Å². The van der Waals surface area contributed by atoms with Crippen LogP contribution >= 0.6 is 0 Å². The lowest BCUT2D eigenvalue weighted by Crippen LogP contribution is -2.19. The largest absolute Gasteiger partial charge is 0.497 e. The highest BCUT2D eigenvalue weighted by Gasteiger charge is 2.17. The molecule has 1 aromatic rings. The van der Waals surface area contributed by atoms with Crippen molar-refractivity contribution in [1.82, 2.24) is 0 Å². The number of carbonyl (C=O) groups is 4. The summed E-state index contributed by atoms with van der Waals surface area (Å²) in [7, 11) is 1.58. The molecule has 0 saturated carbocycles. The van der Waals surface area contributed by atoms with Gasteiger partial charge in [-0.15, -0.1) is 0 Å². The summed E-state index contributed by atoms with van der Waals surface area (Å²) in [6, 6.07) is 7.23. The summed E-state index contributed by atoms with van der Waals surface area (Å²) in [6.07, 6.45) is 4.09. The van der Waals surface area contributed by atoms with Gasteiger partial charge in [-0.05, 0) is 36.6 Å². The van der Waals surface area contributed by atoms with Gasteiger partial charge in [-0.25, -0.2) is 4.79 Å². The SMILES string of the molecule is COc1ccc(C=CC(=O)OCCCCOC(=O)C(C)CC(=O)C=O)cc1. The number of Topliss-reactive ketones (excluding diaryl/α,β-unsaturated/α-hetero) is 1. The molecule has 1 aromatic carbocycles. The van der Waals surface area contributed by atoms with Gasteiger partial charge in [-0.1, -0.05) is 19.1 Å². The number of ether oxygens (including phenoxy) is 3. The minimum Gasteiger partial charge on any atom is -0.497 e. The van der Waals surface area contributed by atoms with Gasteiger partial charge in [-0.2, -0.15) is 0 Å². The number of methoxy groups -OCH3 is 1. The molecular formula is C20H24O7. The molecule has 0 amide bonds. The topological polar surface area (TPSA) is 96.0 Å². The van der Waals surface area contributed by atoms with Crippen LogP contribution in [0.4, 0.5) is 0 Å².